The Kier molecular flexibility index (Phi) is 4.53. The van der Waals surface area contributed by atoms with Gasteiger partial charge in [-0.15, -0.1) is 0 Å². The maximum Gasteiger partial charge on any atom is 0.356 e. The average Bonchev–Trinajstić information content (AvgIpc) is 2.97. The van der Waals surface area contributed by atoms with Crippen molar-refractivity contribution in [2.75, 3.05) is 0 Å². The van der Waals surface area contributed by atoms with E-state index in [9.17, 15) is 4.79 Å². The molecule has 0 radical (unpaired) electrons. The van der Waals surface area contributed by atoms with Crippen LogP contribution in [0.3, 0.4) is 0 Å². The monoisotopic (exact) mass is 342 g/mol. The van der Waals surface area contributed by atoms with Crippen LogP contribution >= 0.6 is 11.6 Å². The normalized spacial score (nSPS) is 10.6. The third-order valence-electron chi connectivity index (χ3n) is 3.56. The molecule has 0 fully saturated rings. The predicted octanol–water partition coefficient (Wildman–Crippen LogP) is 4.02. The van der Waals surface area contributed by atoms with Gasteiger partial charge in [-0.1, -0.05) is 41.9 Å². The van der Waals surface area contributed by atoms with Crippen LogP contribution in [0.5, 0.6) is 5.75 Å². The van der Waals surface area contributed by atoms with Crippen LogP contribution in [0.1, 0.15) is 16.1 Å². The quantitative estimate of drug-likeness (QED) is 0.760. The van der Waals surface area contributed by atoms with Crippen LogP contribution in [0.2, 0.25) is 5.02 Å². The second-order valence-electron chi connectivity index (χ2n) is 5.26. The topological polar surface area (TPSA) is 64.4 Å². The molecule has 122 valence electrons. The van der Waals surface area contributed by atoms with Crippen molar-refractivity contribution in [1.82, 2.24) is 9.78 Å². The smallest absolute Gasteiger partial charge is 0.356 e. The Hall–Kier alpha value is -2.79. The first kappa shape index (κ1) is 16.1. The average molecular weight is 343 g/mol. The van der Waals surface area contributed by atoms with Gasteiger partial charge in [0.05, 0.1) is 10.7 Å². The van der Waals surface area contributed by atoms with Crippen molar-refractivity contribution in [3.05, 3.63) is 70.9 Å². The molecule has 0 aliphatic heterocycles. The van der Waals surface area contributed by atoms with Gasteiger partial charge in [-0.25, -0.2) is 4.79 Å². The third kappa shape index (κ3) is 3.41. The van der Waals surface area contributed by atoms with E-state index in [1.807, 2.05) is 36.4 Å². The van der Waals surface area contributed by atoms with Gasteiger partial charge in [0, 0.05) is 12.6 Å². The molecule has 0 amide bonds. The van der Waals surface area contributed by atoms with Gasteiger partial charge in [-0.3, -0.25) is 4.68 Å². The molecule has 2 aromatic carbocycles. The summed E-state index contributed by atoms with van der Waals surface area (Å²) >= 11 is 6.30. The molecule has 0 aliphatic rings. The molecule has 0 saturated heterocycles. The van der Waals surface area contributed by atoms with E-state index in [4.69, 9.17) is 21.4 Å². The number of aromatic nitrogens is 2. The SMILES string of the molecule is Cn1nc(C(=O)O)cc1-c1ccc(OCc2ccccc2)c(Cl)c1. The Bertz CT molecular complexity index is 875. The number of carboxylic acids is 1. The molecule has 1 heterocycles. The summed E-state index contributed by atoms with van der Waals surface area (Å²) in [5.41, 5.74) is 2.49. The van der Waals surface area contributed by atoms with E-state index in [-0.39, 0.29) is 5.69 Å². The maximum absolute atomic E-state index is 11.0. The number of nitrogens with zero attached hydrogens (tertiary/aromatic N) is 2. The van der Waals surface area contributed by atoms with E-state index >= 15 is 0 Å². The van der Waals surface area contributed by atoms with E-state index in [2.05, 4.69) is 5.10 Å². The van der Waals surface area contributed by atoms with Crippen molar-refractivity contribution in [1.29, 1.82) is 0 Å². The number of aromatic carboxylic acids is 1. The summed E-state index contributed by atoms with van der Waals surface area (Å²) in [6.45, 7) is 0.425. The molecule has 0 bridgehead atoms. The van der Waals surface area contributed by atoms with Crippen LogP contribution in [0.25, 0.3) is 11.3 Å². The number of benzene rings is 2. The molecular formula is C18H15ClN2O3. The van der Waals surface area contributed by atoms with E-state index in [0.717, 1.165) is 11.1 Å². The molecule has 24 heavy (non-hydrogen) atoms. The fraction of sp³-hybridized carbons (Fsp3) is 0.111. The third-order valence-corrected chi connectivity index (χ3v) is 3.86. The summed E-state index contributed by atoms with van der Waals surface area (Å²) in [5, 5.41) is 13.4. The first-order chi connectivity index (χ1) is 11.5. The molecular weight excluding hydrogens is 328 g/mol. The minimum Gasteiger partial charge on any atom is -0.487 e. The molecule has 0 saturated carbocycles. The lowest BCUT2D eigenvalue weighted by atomic mass is 10.1. The Balaban J connectivity index is 1.81. The lowest BCUT2D eigenvalue weighted by Crippen LogP contribution is -1.99. The Morgan fingerprint density at radius 2 is 1.96 bits per heavy atom. The zero-order valence-electron chi connectivity index (χ0n) is 12.9. The molecule has 0 unspecified atom stereocenters. The van der Waals surface area contributed by atoms with E-state index in [0.29, 0.717) is 23.1 Å². The minimum absolute atomic E-state index is 0.00646. The standard InChI is InChI=1S/C18H15ClN2O3/c1-21-16(10-15(20-21)18(22)23)13-7-8-17(14(19)9-13)24-11-12-5-3-2-4-6-12/h2-10H,11H2,1H3,(H,22,23). The molecule has 3 aromatic rings. The summed E-state index contributed by atoms with van der Waals surface area (Å²) < 4.78 is 7.25. The van der Waals surface area contributed by atoms with Crippen molar-refractivity contribution in [2.24, 2.45) is 7.05 Å². The molecule has 6 heteroatoms. The van der Waals surface area contributed by atoms with Gasteiger partial charge in [-0.2, -0.15) is 5.10 Å². The molecule has 0 atom stereocenters. The van der Waals surface area contributed by atoms with Gasteiger partial charge in [0.15, 0.2) is 5.69 Å². The summed E-state index contributed by atoms with van der Waals surface area (Å²) in [7, 11) is 1.69. The molecule has 1 aromatic heterocycles. The fourth-order valence-electron chi connectivity index (χ4n) is 2.35. The van der Waals surface area contributed by atoms with Crippen molar-refractivity contribution in [3.8, 4) is 17.0 Å². The van der Waals surface area contributed by atoms with Gasteiger partial charge >= 0.3 is 5.97 Å². The predicted molar refractivity (Wildman–Crippen MR) is 91.4 cm³/mol. The minimum atomic E-state index is -1.06. The van der Waals surface area contributed by atoms with Crippen molar-refractivity contribution < 1.29 is 14.6 Å². The van der Waals surface area contributed by atoms with Crippen LogP contribution < -0.4 is 4.74 Å². The zero-order valence-corrected chi connectivity index (χ0v) is 13.7. The first-order valence-electron chi connectivity index (χ1n) is 7.28. The fourth-order valence-corrected chi connectivity index (χ4v) is 2.59. The van der Waals surface area contributed by atoms with Gasteiger partial charge < -0.3 is 9.84 Å². The van der Waals surface area contributed by atoms with Crippen molar-refractivity contribution in [3.63, 3.8) is 0 Å². The van der Waals surface area contributed by atoms with Gasteiger partial charge in [0.1, 0.15) is 12.4 Å². The van der Waals surface area contributed by atoms with Crippen LogP contribution in [-0.2, 0) is 13.7 Å². The van der Waals surface area contributed by atoms with E-state index in [1.165, 1.54) is 10.7 Å². The van der Waals surface area contributed by atoms with Crippen LogP contribution in [0.4, 0.5) is 0 Å². The van der Waals surface area contributed by atoms with Gasteiger partial charge in [-0.05, 0) is 29.8 Å². The largest absolute Gasteiger partial charge is 0.487 e. The number of hydrogen-bond acceptors (Lipinski definition) is 3. The second-order valence-corrected chi connectivity index (χ2v) is 5.67. The highest BCUT2D eigenvalue weighted by Crippen LogP contribution is 2.31. The highest BCUT2D eigenvalue weighted by molar-refractivity contribution is 6.32. The number of rotatable bonds is 5. The Morgan fingerprint density at radius 1 is 1.21 bits per heavy atom. The summed E-state index contributed by atoms with van der Waals surface area (Å²) in [5.74, 6) is -0.490. The number of ether oxygens (including phenoxy) is 1. The number of hydrogen-bond donors (Lipinski definition) is 1. The molecule has 1 N–H and O–H groups in total. The van der Waals surface area contributed by atoms with Crippen molar-refractivity contribution >= 4 is 17.6 Å². The number of aryl methyl sites for hydroxylation is 1. The number of carbonyl (C=O) groups is 1. The highest BCUT2D eigenvalue weighted by atomic mass is 35.5. The van der Waals surface area contributed by atoms with Gasteiger partial charge in [0.2, 0.25) is 0 Å². The van der Waals surface area contributed by atoms with E-state index < -0.39 is 5.97 Å². The molecule has 0 aliphatic carbocycles. The van der Waals surface area contributed by atoms with Crippen LogP contribution in [-0.4, -0.2) is 20.9 Å². The van der Waals surface area contributed by atoms with Crippen LogP contribution in [0, 0.1) is 0 Å². The van der Waals surface area contributed by atoms with E-state index in [1.54, 1.807) is 19.2 Å². The van der Waals surface area contributed by atoms with Crippen LogP contribution in [0.15, 0.2) is 54.6 Å². The highest BCUT2D eigenvalue weighted by Gasteiger charge is 2.14. The van der Waals surface area contributed by atoms with Gasteiger partial charge in [0.25, 0.3) is 0 Å². The lowest BCUT2D eigenvalue weighted by Gasteiger charge is -2.10. The summed E-state index contributed by atoms with van der Waals surface area (Å²) in [4.78, 5) is 11.0. The summed E-state index contributed by atoms with van der Waals surface area (Å²) in [6, 6.07) is 16.7. The Labute approximate surface area is 144 Å². The number of carboxylic acid groups (broad SMARTS) is 1. The molecule has 5 nitrogen and oxygen atoms in total. The molecule has 3 rings (SSSR count). The molecule has 0 spiro atoms. The number of halogens is 1. The lowest BCUT2D eigenvalue weighted by molar-refractivity contribution is 0.0689. The second kappa shape index (κ2) is 6.76. The summed E-state index contributed by atoms with van der Waals surface area (Å²) in [6.07, 6.45) is 0. The van der Waals surface area contributed by atoms with Crippen molar-refractivity contribution in [2.45, 2.75) is 6.61 Å². The Morgan fingerprint density at radius 3 is 2.58 bits per heavy atom. The maximum atomic E-state index is 11.0. The first-order valence-corrected chi connectivity index (χ1v) is 7.66. The zero-order chi connectivity index (χ0) is 17.1.